The molecular formula is C20H20N2O3. The number of non-ortho nitro benzene ring substituents is 1. The molecule has 0 saturated carbocycles. The maximum atomic E-state index is 11.1. The summed E-state index contributed by atoms with van der Waals surface area (Å²) in [6.07, 6.45) is 5.43. The van der Waals surface area contributed by atoms with Crippen molar-refractivity contribution in [1.82, 2.24) is 0 Å². The van der Waals surface area contributed by atoms with Gasteiger partial charge in [0, 0.05) is 23.7 Å². The first-order valence-corrected chi connectivity index (χ1v) is 8.61. The van der Waals surface area contributed by atoms with E-state index >= 15 is 0 Å². The number of anilines is 1. The number of nitrogens with zero attached hydrogens (tertiary/aromatic N) is 1. The fraction of sp³-hybridized carbons (Fsp3) is 0.300. The molecule has 25 heavy (non-hydrogen) atoms. The van der Waals surface area contributed by atoms with Crippen molar-refractivity contribution in [3.63, 3.8) is 0 Å². The van der Waals surface area contributed by atoms with Crippen molar-refractivity contribution in [1.29, 1.82) is 0 Å². The zero-order chi connectivity index (χ0) is 17.4. The van der Waals surface area contributed by atoms with Crippen molar-refractivity contribution < 1.29 is 9.66 Å². The van der Waals surface area contributed by atoms with Crippen LogP contribution >= 0.6 is 0 Å². The van der Waals surface area contributed by atoms with Crippen molar-refractivity contribution >= 4 is 11.4 Å². The number of ether oxygens (including phenoxy) is 1. The third-order valence-electron chi connectivity index (χ3n) is 5.09. The number of fused-ring (bicyclic) bond motifs is 3. The maximum absolute atomic E-state index is 11.1. The third kappa shape index (κ3) is 2.76. The lowest BCUT2D eigenvalue weighted by Crippen LogP contribution is -2.29. The van der Waals surface area contributed by atoms with Crippen LogP contribution in [0.3, 0.4) is 0 Å². The van der Waals surface area contributed by atoms with Crippen molar-refractivity contribution in [3.8, 4) is 5.75 Å². The molecule has 3 atom stereocenters. The van der Waals surface area contributed by atoms with Gasteiger partial charge in [-0.25, -0.2) is 0 Å². The van der Waals surface area contributed by atoms with Crippen LogP contribution in [0.25, 0.3) is 0 Å². The Bertz CT molecular complexity index is 847. The van der Waals surface area contributed by atoms with E-state index in [1.54, 1.807) is 18.2 Å². The number of rotatable bonds is 4. The minimum atomic E-state index is -0.334. The fourth-order valence-corrected chi connectivity index (χ4v) is 3.99. The predicted octanol–water partition coefficient (Wildman–Crippen LogP) is 4.82. The summed E-state index contributed by atoms with van der Waals surface area (Å²) < 4.78 is 5.65. The second-order valence-electron chi connectivity index (χ2n) is 6.51. The average Bonchev–Trinajstić information content (AvgIpc) is 3.11. The number of allylic oxidation sites excluding steroid dienone is 2. The largest absolute Gasteiger partial charge is 0.494 e. The van der Waals surface area contributed by atoms with E-state index in [0.29, 0.717) is 18.4 Å². The molecule has 1 aliphatic heterocycles. The highest BCUT2D eigenvalue weighted by Gasteiger charge is 2.38. The second kappa shape index (κ2) is 6.24. The summed E-state index contributed by atoms with van der Waals surface area (Å²) in [6.45, 7) is 2.63. The Morgan fingerprint density at radius 3 is 2.96 bits per heavy atom. The molecule has 5 heteroatoms. The van der Waals surface area contributed by atoms with E-state index in [2.05, 4.69) is 23.5 Å². The molecule has 1 heterocycles. The standard InChI is InChI=1S/C20H20N2O3/c1-2-25-15-9-10-19-18(12-15)16-7-4-8-17(16)20(21-19)13-5-3-6-14(11-13)22(23)24/h3-7,9-12,16-17,20-21H,2,8H2,1H3/t16-,17-,20-/m0/s1. The van der Waals surface area contributed by atoms with E-state index in [4.69, 9.17) is 4.74 Å². The zero-order valence-corrected chi connectivity index (χ0v) is 14.0. The predicted molar refractivity (Wildman–Crippen MR) is 97.1 cm³/mol. The maximum Gasteiger partial charge on any atom is 0.269 e. The van der Waals surface area contributed by atoms with Gasteiger partial charge in [-0.2, -0.15) is 0 Å². The van der Waals surface area contributed by atoms with Gasteiger partial charge in [0.15, 0.2) is 0 Å². The average molecular weight is 336 g/mol. The Hall–Kier alpha value is -2.82. The first-order valence-electron chi connectivity index (χ1n) is 8.61. The molecule has 0 bridgehead atoms. The molecular weight excluding hydrogens is 316 g/mol. The van der Waals surface area contributed by atoms with Crippen LogP contribution in [-0.4, -0.2) is 11.5 Å². The minimum Gasteiger partial charge on any atom is -0.494 e. The highest BCUT2D eigenvalue weighted by molar-refractivity contribution is 5.62. The molecule has 0 radical (unpaired) electrons. The van der Waals surface area contributed by atoms with Gasteiger partial charge in [0.05, 0.1) is 17.6 Å². The lowest BCUT2D eigenvalue weighted by atomic mass is 9.77. The summed E-state index contributed by atoms with van der Waals surface area (Å²) in [7, 11) is 0. The molecule has 0 aromatic heterocycles. The number of nitrogens with one attached hydrogen (secondary N) is 1. The van der Waals surface area contributed by atoms with Crippen molar-refractivity contribution in [2.75, 3.05) is 11.9 Å². The molecule has 2 aromatic rings. The van der Waals surface area contributed by atoms with Gasteiger partial charge in [-0.1, -0.05) is 24.3 Å². The van der Waals surface area contributed by atoms with Crippen LogP contribution in [0.1, 0.15) is 36.4 Å². The quantitative estimate of drug-likeness (QED) is 0.494. The Labute approximate surface area is 146 Å². The van der Waals surface area contributed by atoms with Crippen LogP contribution in [0.5, 0.6) is 5.75 Å². The van der Waals surface area contributed by atoms with Gasteiger partial charge >= 0.3 is 0 Å². The Balaban J connectivity index is 1.73. The molecule has 0 spiro atoms. The van der Waals surface area contributed by atoms with Crippen LogP contribution in [0.15, 0.2) is 54.6 Å². The zero-order valence-electron chi connectivity index (χ0n) is 14.0. The van der Waals surface area contributed by atoms with E-state index in [1.165, 1.54) is 5.56 Å². The summed E-state index contributed by atoms with van der Waals surface area (Å²) in [5, 5.41) is 14.7. The number of nitro groups is 1. The SMILES string of the molecule is CCOc1ccc2c(c1)[C@H]1C=CC[C@@H]1[C@H](c1cccc([N+](=O)[O-])c1)N2. The van der Waals surface area contributed by atoms with Gasteiger partial charge in [0.2, 0.25) is 0 Å². The topological polar surface area (TPSA) is 64.4 Å². The van der Waals surface area contributed by atoms with E-state index in [9.17, 15) is 10.1 Å². The Morgan fingerprint density at radius 2 is 2.16 bits per heavy atom. The molecule has 1 aliphatic carbocycles. The molecule has 0 amide bonds. The normalized spacial score (nSPS) is 23.5. The molecule has 5 nitrogen and oxygen atoms in total. The first-order chi connectivity index (χ1) is 12.2. The number of nitro benzene ring substituents is 1. The van der Waals surface area contributed by atoms with Gasteiger partial charge in [-0.3, -0.25) is 10.1 Å². The lowest BCUT2D eigenvalue weighted by Gasteiger charge is -2.37. The molecule has 2 aromatic carbocycles. The van der Waals surface area contributed by atoms with Crippen molar-refractivity contribution in [2.45, 2.75) is 25.3 Å². The van der Waals surface area contributed by atoms with Crippen molar-refractivity contribution in [2.24, 2.45) is 5.92 Å². The minimum absolute atomic E-state index is 0.0605. The van der Waals surface area contributed by atoms with Crippen LogP contribution < -0.4 is 10.1 Å². The Kier molecular flexibility index (Phi) is 3.92. The number of benzene rings is 2. The van der Waals surface area contributed by atoms with Crippen LogP contribution in [0, 0.1) is 16.0 Å². The number of hydrogen-bond acceptors (Lipinski definition) is 4. The third-order valence-corrected chi connectivity index (χ3v) is 5.09. The summed E-state index contributed by atoms with van der Waals surface area (Å²) >= 11 is 0. The second-order valence-corrected chi connectivity index (χ2v) is 6.51. The van der Waals surface area contributed by atoms with Crippen LogP contribution in [0.4, 0.5) is 11.4 Å². The number of hydrogen-bond donors (Lipinski definition) is 1. The lowest BCUT2D eigenvalue weighted by molar-refractivity contribution is -0.384. The molecule has 1 N–H and O–H groups in total. The van der Waals surface area contributed by atoms with Gasteiger partial charge in [0.25, 0.3) is 5.69 Å². The molecule has 0 unspecified atom stereocenters. The molecule has 4 rings (SSSR count). The summed E-state index contributed by atoms with van der Waals surface area (Å²) in [4.78, 5) is 10.8. The van der Waals surface area contributed by atoms with E-state index in [-0.39, 0.29) is 16.7 Å². The van der Waals surface area contributed by atoms with E-state index < -0.39 is 0 Å². The molecule has 0 saturated heterocycles. The molecule has 0 fully saturated rings. The van der Waals surface area contributed by atoms with Crippen LogP contribution in [0.2, 0.25) is 0 Å². The Morgan fingerprint density at radius 1 is 1.28 bits per heavy atom. The monoisotopic (exact) mass is 336 g/mol. The van der Waals surface area contributed by atoms with E-state index in [0.717, 1.165) is 23.4 Å². The van der Waals surface area contributed by atoms with Gasteiger partial charge in [0.1, 0.15) is 5.75 Å². The highest BCUT2D eigenvalue weighted by Crippen LogP contribution is 2.50. The van der Waals surface area contributed by atoms with Gasteiger partial charge in [-0.05, 0) is 48.6 Å². The smallest absolute Gasteiger partial charge is 0.269 e. The summed E-state index contributed by atoms with van der Waals surface area (Å²) in [5.41, 5.74) is 3.42. The summed E-state index contributed by atoms with van der Waals surface area (Å²) in [5.74, 6) is 1.54. The van der Waals surface area contributed by atoms with Gasteiger partial charge in [-0.15, -0.1) is 0 Å². The van der Waals surface area contributed by atoms with Crippen LogP contribution in [-0.2, 0) is 0 Å². The summed E-state index contributed by atoms with van der Waals surface area (Å²) in [6, 6.07) is 13.2. The van der Waals surface area contributed by atoms with Gasteiger partial charge < -0.3 is 10.1 Å². The fourth-order valence-electron chi connectivity index (χ4n) is 3.99. The highest BCUT2D eigenvalue weighted by atomic mass is 16.6. The first kappa shape index (κ1) is 15.7. The van der Waals surface area contributed by atoms with Crippen molar-refractivity contribution in [3.05, 3.63) is 75.9 Å². The molecule has 2 aliphatic rings. The molecule has 128 valence electrons. The van der Waals surface area contributed by atoms with E-state index in [1.807, 2.05) is 25.1 Å².